The second kappa shape index (κ2) is 4.88. The number of benzene rings is 1. The topological polar surface area (TPSA) is 84.9 Å². The molecule has 1 heterocycles. The summed E-state index contributed by atoms with van der Waals surface area (Å²) < 4.78 is 11.4. The van der Waals surface area contributed by atoms with Gasteiger partial charge in [-0.3, -0.25) is 9.59 Å². The van der Waals surface area contributed by atoms with Gasteiger partial charge >= 0.3 is 5.97 Å². The molecule has 0 aromatic heterocycles. The zero-order valence-corrected chi connectivity index (χ0v) is 12.9. The molecular weight excluding hydrogens is 298 g/mol. The van der Waals surface area contributed by atoms with Gasteiger partial charge in [0, 0.05) is 18.4 Å². The van der Waals surface area contributed by atoms with E-state index in [0.717, 1.165) is 12.8 Å². The van der Waals surface area contributed by atoms with Gasteiger partial charge in [-0.1, -0.05) is 0 Å². The number of ether oxygens (including phenoxy) is 2. The number of aliphatic carboxylic acids is 1. The van der Waals surface area contributed by atoms with Crippen LogP contribution in [0.3, 0.4) is 0 Å². The largest absolute Gasteiger partial charge is 0.497 e. The molecule has 6 heteroatoms. The molecule has 1 aliphatic heterocycles. The van der Waals surface area contributed by atoms with Crippen LogP contribution in [0.1, 0.15) is 36.0 Å². The number of carboxylic acid groups (broad SMARTS) is 1. The zero-order chi connectivity index (χ0) is 16.2. The summed E-state index contributed by atoms with van der Waals surface area (Å²) in [4.78, 5) is 23.9. The lowest BCUT2D eigenvalue weighted by molar-refractivity contribution is -0.161. The van der Waals surface area contributed by atoms with Crippen molar-refractivity contribution in [3.63, 3.8) is 0 Å². The molecule has 1 amide bonds. The average molecular weight is 317 g/mol. The van der Waals surface area contributed by atoms with Gasteiger partial charge in [0.05, 0.1) is 18.6 Å². The standard InChI is InChI=1S/C17H19NO5/c1-22-11-4-5-12-14(7-11)23-17(18-15(12)19)8-9-2-3-10(17)6-13(9)16(20)21/h4-5,7,9-10,13H,2-3,6,8H2,1H3,(H,18,19)(H,20,21)/t9-,10-,13+,17+/m1/s1. The fraction of sp³-hybridized carbons (Fsp3) is 0.529. The van der Waals surface area contributed by atoms with Gasteiger partial charge in [-0.05, 0) is 37.3 Å². The molecule has 0 saturated heterocycles. The molecule has 122 valence electrons. The van der Waals surface area contributed by atoms with Crippen molar-refractivity contribution in [1.82, 2.24) is 5.32 Å². The van der Waals surface area contributed by atoms with E-state index in [4.69, 9.17) is 9.47 Å². The number of fused-ring (bicyclic) bond motifs is 3. The number of hydrogen-bond acceptors (Lipinski definition) is 4. The second-order valence-electron chi connectivity index (χ2n) is 6.73. The van der Waals surface area contributed by atoms with Crippen LogP contribution >= 0.6 is 0 Å². The molecule has 4 atom stereocenters. The third-order valence-electron chi connectivity index (χ3n) is 5.59. The Kier molecular flexibility index (Phi) is 3.04. The van der Waals surface area contributed by atoms with Gasteiger partial charge in [0.2, 0.25) is 0 Å². The summed E-state index contributed by atoms with van der Waals surface area (Å²) in [6.07, 6.45) is 2.87. The summed E-state index contributed by atoms with van der Waals surface area (Å²) in [6.45, 7) is 0. The monoisotopic (exact) mass is 317 g/mol. The predicted octanol–water partition coefficient (Wildman–Crippen LogP) is 2.03. The molecule has 3 aliphatic carbocycles. The van der Waals surface area contributed by atoms with Crippen LogP contribution in [0.15, 0.2) is 18.2 Å². The smallest absolute Gasteiger partial charge is 0.306 e. The van der Waals surface area contributed by atoms with Crippen molar-refractivity contribution in [3.8, 4) is 11.5 Å². The number of carbonyl (C=O) groups excluding carboxylic acids is 1. The van der Waals surface area contributed by atoms with Crippen LogP contribution in [0.4, 0.5) is 0 Å². The van der Waals surface area contributed by atoms with Crippen LogP contribution in [-0.2, 0) is 4.79 Å². The Labute approximate surface area is 133 Å². The molecule has 2 bridgehead atoms. The quantitative estimate of drug-likeness (QED) is 0.872. The summed E-state index contributed by atoms with van der Waals surface area (Å²) in [5, 5.41) is 12.4. The van der Waals surface area contributed by atoms with Gasteiger partial charge in [-0.15, -0.1) is 0 Å². The molecule has 1 aromatic carbocycles. The molecule has 3 saturated carbocycles. The van der Waals surface area contributed by atoms with Crippen molar-refractivity contribution in [2.45, 2.75) is 31.4 Å². The number of methoxy groups -OCH3 is 1. The normalized spacial score (nSPS) is 34.5. The van der Waals surface area contributed by atoms with E-state index in [1.807, 2.05) is 0 Å². The predicted molar refractivity (Wildman–Crippen MR) is 80.4 cm³/mol. The van der Waals surface area contributed by atoms with Gasteiger partial charge < -0.3 is 19.9 Å². The van der Waals surface area contributed by atoms with Crippen LogP contribution in [0.25, 0.3) is 0 Å². The SMILES string of the molecule is COc1ccc2c(c1)O[C@]1(C[C@H]3CC[C@@H]1C[C@@H]3C(=O)O)NC2=O. The highest BCUT2D eigenvalue weighted by Crippen LogP contribution is 2.52. The highest BCUT2D eigenvalue weighted by atomic mass is 16.5. The van der Waals surface area contributed by atoms with Crippen molar-refractivity contribution in [2.24, 2.45) is 17.8 Å². The second-order valence-corrected chi connectivity index (χ2v) is 6.73. The maximum Gasteiger partial charge on any atom is 0.306 e. The molecule has 0 unspecified atom stereocenters. The summed E-state index contributed by atoms with van der Waals surface area (Å²) in [5.41, 5.74) is -0.279. The van der Waals surface area contributed by atoms with Gasteiger partial charge in [-0.2, -0.15) is 0 Å². The summed E-state index contributed by atoms with van der Waals surface area (Å²) in [6, 6.07) is 5.15. The first-order valence-electron chi connectivity index (χ1n) is 7.95. The molecule has 6 nitrogen and oxygen atoms in total. The van der Waals surface area contributed by atoms with Crippen LogP contribution < -0.4 is 14.8 Å². The number of nitrogens with one attached hydrogen (secondary N) is 1. The van der Waals surface area contributed by atoms with Crippen molar-refractivity contribution in [3.05, 3.63) is 23.8 Å². The minimum atomic E-state index is -0.773. The first-order chi connectivity index (χ1) is 11.0. The summed E-state index contributed by atoms with van der Waals surface area (Å²) >= 11 is 0. The van der Waals surface area contributed by atoms with E-state index >= 15 is 0 Å². The maximum absolute atomic E-state index is 12.5. The minimum Gasteiger partial charge on any atom is -0.497 e. The number of carboxylic acids is 1. The molecule has 3 fully saturated rings. The first kappa shape index (κ1) is 14.4. The third kappa shape index (κ3) is 2.08. The summed E-state index contributed by atoms with van der Waals surface area (Å²) in [5.74, 6) is 0.00559. The molecule has 4 aliphatic rings. The third-order valence-corrected chi connectivity index (χ3v) is 5.59. The molecular formula is C17H19NO5. The minimum absolute atomic E-state index is 0.0249. The van der Waals surface area contributed by atoms with E-state index in [9.17, 15) is 14.7 Å². The highest BCUT2D eigenvalue weighted by Gasteiger charge is 2.57. The Morgan fingerprint density at radius 3 is 2.91 bits per heavy atom. The zero-order valence-electron chi connectivity index (χ0n) is 12.9. The van der Waals surface area contributed by atoms with Crippen molar-refractivity contribution < 1.29 is 24.2 Å². The van der Waals surface area contributed by atoms with Gasteiger partial charge in [0.1, 0.15) is 11.5 Å². The van der Waals surface area contributed by atoms with E-state index in [-0.39, 0.29) is 23.7 Å². The van der Waals surface area contributed by atoms with Crippen molar-refractivity contribution >= 4 is 11.9 Å². The lowest BCUT2D eigenvalue weighted by atomic mass is 9.60. The molecule has 0 radical (unpaired) electrons. The molecule has 23 heavy (non-hydrogen) atoms. The van der Waals surface area contributed by atoms with E-state index in [0.29, 0.717) is 29.9 Å². The molecule has 1 spiro atoms. The highest BCUT2D eigenvalue weighted by molar-refractivity contribution is 5.98. The Bertz CT molecular complexity index is 688. The van der Waals surface area contributed by atoms with Crippen LogP contribution in [0.2, 0.25) is 0 Å². The maximum atomic E-state index is 12.5. The van der Waals surface area contributed by atoms with Crippen molar-refractivity contribution in [1.29, 1.82) is 0 Å². The fourth-order valence-electron chi connectivity index (χ4n) is 4.42. The van der Waals surface area contributed by atoms with E-state index in [1.165, 1.54) is 0 Å². The van der Waals surface area contributed by atoms with E-state index < -0.39 is 11.7 Å². The van der Waals surface area contributed by atoms with E-state index in [1.54, 1.807) is 25.3 Å². The Balaban J connectivity index is 1.69. The van der Waals surface area contributed by atoms with Crippen LogP contribution in [-0.4, -0.2) is 29.8 Å². The Morgan fingerprint density at radius 1 is 1.43 bits per heavy atom. The lowest BCUT2D eigenvalue weighted by Crippen LogP contribution is -2.66. The molecule has 2 N–H and O–H groups in total. The lowest BCUT2D eigenvalue weighted by Gasteiger charge is -2.54. The molecule has 1 aromatic rings. The Hall–Kier alpha value is -2.24. The molecule has 5 rings (SSSR count). The number of rotatable bonds is 2. The van der Waals surface area contributed by atoms with E-state index in [2.05, 4.69) is 5.32 Å². The van der Waals surface area contributed by atoms with Gasteiger partial charge in [0.15, 0.2) is 5.72 Å². The average Bonchev–Trinajstić information content (AvgIpc) is 2.54. The fourth-order valence-corrected chi connectivity index (χ4v) is 4.42. The van der Waals surface area contributed by atoms with Crippen LogP contribution in [0.5, 0.6) is 11.5 Å². The van der Waals surface area contributed by atoms with Gasteiger partial charge in [-0.25, -0.2) is 0 Å². The number of carbonyl (C=O) groups is 2. The Morgan fingerprint density at radius 2 is 2.26 bits per heavy atom. The van der Waals surface area contributed by atoms with Gasteiger partial charge in [0.25, 0.3) is 5.91 Å². The van der Waals surface area contributed by atoms with Crippen molar-refractivity contribution in [2.75, 3.05) is 7.11 Å². The number of hydrogen-bond donors (Lipinski definition) is 2. The number of amides is 1. The summed E-state index contributed by atoms with van der Waals surface area (Å²) in [7, 11) is 1.57. The first-order valence-corrected chi connectivity index (χ1v) is 7.95. The van der Waals surface area contributed by atoms with Crippen LogP contribution in [0, 0.1) is 17.8 Å².